The zero-order valence-electron chi connectivity index (χ0n) is 18.2. The standard InChI is InChI=1S/C22H25Cl2N3O5/c1-13-17(14(2)27(25-13)16-4-5-18(23)19(24)10-16)11-21(29)32-12-20(28)26-8-6-15(7-9-26)22(30)31-3/h4-5,10,15H,6-9,11-12H2,1-3H3. The first-order valence-corrected chi connectivity index (χ1v) is 11.0. The molecule has 1 aliphatic heterocycles. The van der Waals surface area contributed by atoms with Gasteiger partial charge in [-0.1, -0.05) is 23.2 Å². The average molecular weight is 482 g/mol. The van der Waals surface area contributed by atoms with E-state index < -0.39 is 5.97 Å². The van der Waals surface area contributed by atoms with Crippen molar-refractivity contribution in [2.75, 3.05) is 26.8 Å². The zero-order chi connectivity index (χ0) is 23.4. The van der Waals surface area contributed by atoms with Crippen molar-refractivity contribution in [3.8, 4) is 5.69 Å². The lowest BCUT2D eigenvalue weighted by Crippen LogP contribution is -2.42. The normalized spacial score (nSPS) is 14.3. The van der Waals surface area contributed by atoms with Crippen molar-refractivity contribution in [3.63, 3.8) is 0 Å². The number of aryl methyl sites for hydroxylation is 1. The Morgan fingerprint density at radius 3 is 2.44 bits per heavy atom. The lowest BCUT2D eigenvalue weighted by Gasteiger charge is -2.30. The van der Waals surface area contributed by atoms with Crippen LogP contribution < -0.4 is 0 Å². The van der Waals surface area contributed by atoms with Crippen molar-refractivity contribution in [1.29, 1.82) is 0 Å². The van der Waals surface area contributed by atoms with Gasteiger partial charge in [0.25, 0.3) is 5.91 Å². The molecule has 1 aromatic heterocycles. The molecule has 8 nitrogen and oxygen atoms in total. The highest BCUT2D eigenvalue weighted by molar-refractivity contribution is 6.42. The molecule has 1 aliphatic rings. The number of ether oxygens (including phenoxy) is 2. The Labute approximate surface area is 196 Å². The van der Waals surface area contributed by atoms with E-state index in [1.807, 2.05) is 6.92 Å². The van der Waals surface area contributed by atoms with Crippen molar-refractivity contribution >= 4 is 41.0 Å². The third-order valence-electron chi connectivity index (χ3n) is 5.65. The van der Waals surface area contributed by atoms with Crippen LogP contribution >= 0.6 is 23.2 Å². The third kappa shape index (κ3) is 5.42. The van der Waals surface area contributed by atoms with Gasteiger partial charge in [-0.25, -0.2) is 4.68 Å². The molecular weight excluding hydrogens is 457 g/mol. The van der Waals surface area contributed by atoms with E-state index in [1.54, 1.807) is 34.7 Å². The van der Waals surface area contributed by atoms with Gasteiger partial charge in [0.2, 0.25) is 0 Å². The van der Waals surface area contributed by atoms with Crippen LogP contribution in [0.25, 0.3) is 5.69 Å². The van der Waals surface area contributed by atoms with Gasteiger partial charge in [0.1, 0.15) is 0 Å². The molecule has 172 valence electrons. The van der Waals surface area contributed by atoms with Crippen LogP contribution in [-0.4, -0.2) is 59.3 Å². The Balaban J connectivity index is 1.56. The van der Waals surface area contributed by atoms with Crippen LogP contribution in [0.1, 0.15) is 29.8 Å². The van der Waals surface area contributed by atoms with Crippen molar-refractivity contribution in [2.24, 2.45) is 5.92 Å². The molecule has 2 heterocycles. The number of halogens is 2. The fraction of sp³-hybridized carbons (Fsp3) is 0.455. The van der Waals surface area contributed by atoms with E-state index in [2.05, 4.69) is 5.10 Å². The summed E-state index contributed by atoms with van der Waals surface area (Å²) < 4.78 is 11.7. The van der Waals surface area contributed by atoms with Crippen LogP contribution in [-0.2, 0) is 30.3 Å². The van der Waals surface area contributed by atoms with Crippen molar-refractivity contribution in [2.45, 2.75) is 33.1 Å². The monoisotopic (exact) mass is 481 g/mol. The quantitative estimate of drug-likeness (QED) is 0.587. The second-order valence-electron chi connectivity index (χ2n) is 7.68. The summed E-state index contributed by atoms with van der Waals surface area (Å²) >= 11 is 12.1. The summed E-state index contributed by atoms with van der Waals surface area (Å²) in [6.07, 6.45) is 1.08. The van der Waals surface area contributed by atoms with Gasteiger partial charge in [0.05, 0.1) is 40.9 Å². The van der Waals surface area contributed by atoms with Crippen LogP contribution in [0.5, 0.6) is 0 Å². The van der Waals surface area contributed by atoms with Crippen molar-refractivity contribution in [1.82, 2.24) is 14.7 Å². The number of hydrogen-bond donors (Lipinski definition) is 0. The first kappa shape index (κ1) is 24.1. The number of amides is 1. The van der Waals surface area contributed by atoms with E-state index in [0.717, 1.165) is 16.9 Å². The number of carbonyl (C=O) groups is 3. The molecule has 32 heavy (non-hydrogen) atoms. The summed E-state index contributed by atoms with van der Waals surface area (Å²) in [5.41, 5.74) is 2.91. The van der Waals surface area contributed by atoms with E-state index in [4.69, 9.17) is 32.7 Å². The molecule has 3 rings (SSSR count). The smallest absolute Gasteiger partial charge is 0.310 e. The van der Waals surface area contributed by atoms with E-state index in [0.29, 0.717) is 41.7 Å². The largest absolute Gasteiger partial charge is 0.469 e. The third-order valence-corrected chi connectivity index (χ3v) is 6.39. The Morgan fingerprint density at radius 2 is 1.81 bits per heavy atom. The molecule has 0 aliphatic carbocycles. The molecule has 1 aromatic carbocycles. The zero-order valence-corrected chi connectivity index (χ0v) is 19.7. The minimum atomic E-state index is -0.511. The number of esters is 2. The van der Waals surface area contributed by atoms with Gasteiger partial charge in [0, 0.05) is 24.3 Å². The maximum absolute atomic E-state index is 12.4. The molecule has 0 saturated carbocycles. The van der Waals surface area contributed by atoms with Gasteiger partial charge in [-0.3, -0.25) is 14.4 Å². The van der Waals surface area contributed by atoms with Gasteiger partial charge in [-0.15, -0.1) is 0 Å². The number of methoxy groups -OCH3 is 1. The minimum absolute atomic E-state index is 0.00329. The molecule has 0 atom stereocenters. The minimum Gasteiger partial charge on any atom is -0.469 e. The second-order valence-corrected chi connectivity index (χ2v) is 8.49. The molecule has 2 aromatic rings. The Hall–Kier alpha value is -2.58. The maximum Gasteiger partial charge on any atom is 0.310 e. The summed E-state index contributed by atoms with van der Waals surface area (Å²) in [6.45, 7) is 4.19. The predicted molar refractivity (Wildman–Crippen MR) is 119 cm³/mol. The molecule has 0 radical (unpaired) electrons. The number of aromatic nitrogens is 2. The number of hydrogen-bond acceptors (Lipinski definition) is 6. The van der Waals surface area contributed by atoms with Gasteiger partial charge in [0.15, 0.2) is 6.61 Å². The van der Waals surface area contributed by atoms with Gasteiger partial charge < -0.3 is 14.4 Å². The first-order valence-electron chi connectivity index (χ1n) is 10.2. The van der Waals surface area contributed by atoms with Crippen molar-refractivity contribution in [3.05, 3.63) is 45.2 Å². The molecule has 0 bridgehead atoms. The summed E-state index contributed by atoms with van der Waals surface area (Å²) in [7, 11) is 1.36. The van der Waals surface area contributed by atoms with Crippen molar-refractivity contribution < 1.29 is 23.9 Å². The van der Waals surface area contributed by atoms with E-state index in [-0.39, 0.29) is 30.8 Å². The lowest BCUT2D eigenvalue weighted by atomic mass is 9.97. The number of rotatable bonds is 6. The van der Waals surface area contributed by atoms with E-state index in [1.165, 1.54) is 7.11 Å². The lowest BCUT2D eigenvalue weighted by molar-refractivity contribution is -0.153. The van der Waals surface area contributed by atoms with Crippen LogP contribution in [0.3, 0.4) is 0 Å². The maximum atomic E-state index is 12.4. The Morgan fingerprint density at radius 1 is 1.12 bits per heavy atom. The highest BCUT2D eigenvalue weighted by Gasteiger charge is 2.28. The molecule has 10 heteroatoms. The second kappa shape index (κ2) is 10.4. The Kier molecular flexibility index (Phi) is 7.79. The highest BCUT2D eigenvalue weighted by Crippen LogP contribution is 2.26. The molecule has 0 unspecified atom stereocenters. The van der Waals surface area contributed by atoms with Gasteiger partial charge in [-0.05, 0) is 44.9 Å². The number of nitrogens with zero attached hydrogens (tertiary/aromatic N) is 3. The molecule has 0 N–H and O–H groups in total. The predicted octanol–water partition coefficient (Wildman–Crippen LogP) is 3.29. The Bertz CT molecular complexity index is 1030. The van der Waals surface area contributed by atoms with E-state index in [9.17, 15) is 14.4 Å². The molecule has 1 fully saturated rings. The van der Waals surface area contributed by atoms with Crippen LogP contribution in [0.4, 0.5) is 0 Å². The van der Waals surface area contributed by atoms with Crippen LogP contribution in [0.2, 0.25) is 10.0 Å². The van der Waals surface area contributed by atoms with Gasteiger partial charge in [-0.2, -0.15) is 5.10 Å². The summed E-state index contributed by atoms with van der Waals surface area (Å²) in [5.74, 6) is -1.23. The molecule has 0 spiro atoms. The fourth-order valence-corrected chi connectivity index (χ4v) is 4.05. The van der Waals surface area contributed by atoms with Crippen LogP contribution in [0, 0.1) is 19.8 Å². The van der Waals surface area contributed by atoms with E-state index >= 15 is 0 Å². The highest BCUT2D eigenvalue weighted by atomic mass is 35.5. The molecular formula is C22H25Cl2N3O5. The number of piperidine rings is 1. The summed E-state index contributed by atoms with van der Waals surface area (Å²) in [6, 6.07) is 5.18. The molecule has 1 amide bonds. The SMILES string of the molecule is COC(=O)C1CCN(C(=O)COC(=O)Cc2c(C)nn(-c3ccc(Cl)c(Cl)c3)c2C)CC1. The van der Waals surface area contributed by atoms with Gasteiger partial charge >= 0.3 is 11.9 Å². The fourth-order valence-electron chi connectivity index (χ4n) is 3.76. The summed E-state index contributed by atoms with van der Waals surface area (Å²) in [5, 5.41) is 5.35. The first-order chi connectivity index (χ1) is 15.2. The topological polar surface area (TPSA) is 90.7 Å². The number of carbonyl (C=O) groups excluding carboxylic acids is 3. The number of likely N-dealkylation sites (tertiary alicyclic amines) is 1. The average Bonchev–Trinajstić information content (AvgIpc) is 3.07. The summed E-state index contributed by atoms with van der Waals surface area (Å²) in [4.78, 5) is 38.0. The number of benzene rings is 1. The van der Waals surface area contributed by atoms with Crippen LogP contribution in [0.15, 0.2) is 18.2 Å². The molecule has 1 saturated heterocycles.